The Hall–Kier alpha value is -1.38. The molecule has 0 saturated heterocycles. The molecule has 0 aromatic heterocycles. The Bertz CT molecular complexity index is 469. The van der Waals surface area contributed by atoms with Crippen molar-refractivity contribution in [1.29, 1.82) is 0 Å². The molecule has 0 radical (unpaired) electrons. The molecular weight excluding hydrogens is 296 g/mol. The minimum atomic E-state index is -0.397. The Labute approximate surface area is 115 Å². The van der Waals surface area contributed by atoms with Crippen LogP contribution in [-0.4, -0.2) is 11.0 Å². The molecule has 1 atom stereocenters. The molecule has 0 aliphatic heterocycles. The van der Waals surface area contributed by atoms with E-state index in [9.17, 15) is 10.1 Å². The van der Waals surface area contributed by atoms with Gasteiger partial charge in [0.1, 0.15) is 0 Å². The van der Waals surface area contributed by atoms with Crippen molar-refractivity contribution >= 4 is 21.6 Å². The number of hydrogen-bond donors (Lipinski definition) is 1. The average molecular weight is 311 g/mol. The van der Waals surface area contributed by atoms with E-state index >= 15 is 0 Å². The lowest BCUT2D eigenvalue weighted by atomic mass is 10.1. The van der Waals surface area contributed by atoms with Gasteiger partial charge in [-0.05, 0) is 34.0 Å². The Morgan fingerprint density at radius 2 is 2.33 bits per heavy atom. The van der Waals surface area contributed by atoms with E-state index in [1.54, 1.807) is 12.1 Å². The number of nitrogens with zero attached hydrogens (tertiary/aromatic N) is 1. The zero-order valence-corrected chi connectivity index (χ0v) is 11.7. The van der Waals surface area contributed by atoms with Crippen molar-refractivity contribution in [3.05, 3.63) is 38.3 Å². The number of hydrogen-bond acceptors (Lipinski definition) is 3. The summed E-state index contributed by atoms with van der Waals surface area (Å²) in [5, 5.41) is 14.1. The van der Waals surface area contributed by atoms with Crippen LogP contribution in [0.15, 0.2) is 22.7 Å². The number of benzene rings is 1. The minimum Gasteiger partial charge on any atom is -0.309 e. The monoisotopic (exact) mass is 310 g/mol. The van der Waals surface area contributed by atoms with Gasteiger partial charge in [-0.15, -0.1) is 12.3 Å². The van der Waals surface area contributed by atoms with Crippen molar-refractivity contribution in [2.24, 2.45) is 0 Å². The van der Waals surface area contributed by atoms with Gasteiger partial charge in [0.25, 0.3) is 5.69 Å². The molecule has 5 heteroatoms. The van der Waals surface area contributed by atoms with E-state index in [1.165, 1.54) is 0 Å². The molecule has 1 aromatic carbocycles. The standard InChI is InChI=1S/C13H15BrN2O2/c1-3-5-11(4-2)15-9-10-6-7-12(14)13(8-10)16(17)18/h1,6-8,11,15H,4-5,9H2,2H3. The molecule has 4 nitrogen and oxygen atoms in total. The summed E-state index contributed by atoms with van der Waals surface area (Å²) in [7, 11) is 0. The molecule has 0 aliphatic carbocycles. The number of halogens is 1. The summed E-state index contributed by atoms with van der Waals surface area (Å²) >= 11 is 3.16. The van der Waals surface area contributed by atoms with Gasteiger partial charge in [0, 0.05) is 25.1 Å². The maximum Gasteiger partial charge on any atom is 0.283 e. The third-order valence-corrected chi connectivity index (χ3v) is 3.33. The first-order chi connectivity index (χ1) is 8.58. The third-order valence-electron chi connectivity index (χ3n) is 2.66. The molecule has 96 valence electrons. The fourth-order valence-corrected chi connectivity index (χ4v) is 1.96. The third kappa shape index (κ3) is 4.13. The molecule has 0 spiro atoms. The Balaban J connectivity index is 2.71. The van der Waals surface area contributed by atoms with Crippen molar-refractivity contribution < 1.29 is 4.92 Å². The summed E-state index contributed by atoms with van der Waals surface area (Å²) in [6, 6.07) is 5.36. The van der Waals surface area contributed by atoms with Crippen LogP contribution in [0.4, 0.5) is 5.69 Å². The smallest absolute Gasteiger partial charge is 0.283 e. The minimum absolute atomic E-state index is 0.0827. The topological polar surface area (TPSA) is 55.2 Å². The fourth-order valence-electron chi connectivity index (χ4n) is 1.57. The highest BCUT2D eigenvalue weighted by molar-refractivity contribution is 9.10. The van der Waals surface area contributed by atoms with Crippen LogP contribution in [0.2, 0.25) is 0 Å². The lowest BCUT2D eigenvalue weighted by Gasteiger charge is -2.14. The highest BCUT2D eigenvalue weighted by Gasteiger charge is 2.12. The Morgan fingerprint density at radius 1 is 1.61 bits per heavy atom. The van der Waals surface area contributed by atoms with Crippen molar-refractivity contribution in [1.82, 2.24) is 5.32 Å². The quantitative estimate of drug-likeness (QED) is 0.498. The highest BCUT2D eigenvalue weighted by Crippen LogP contribution is 2.25. The summed E-state index contributed by atoms with van der Waals surface area (Å²) in [4.78, 5) is 10.4. The van der Waals surface area contributed by atoms with Crippen LogP contribution in [0.3, 0.4) is 0 Å². The summed E-state index contributed by atoms with van der Waals surface area (Å²) in [5.74, 6) is 2.62. The molecule has 0 bridgehead atoms. The van der Waals surface area contributed by atoms with Gasteiger partial charge in [0.2, 0.25) is 0 Å². The summed E-state index contributed by atoms with van der Waals surface area (Å²) < 4.78 is 0.493. The lowest BCUT2D eigenvalue weighted by molar-refractivity contribution is -0.385. The summed E-state index contributed by atoms with van der Waals surface area (Å²) in [5.41, 5.74) is 0.958. The number of rotatable bonds is 6. The van der Waals surface area contributed by atoms with E-state index in [1.807, 2.05) is 6.07 Å². The molecule has 1 rings (SSSR count). The fraction of sp³-hybridized carbons (Fsp3) is 0.385. The van der Waals surface area contributed by atoms with Crippen LogP contribution < -0.4 is 5.32 Å². The van der Waals surface area contributed by atoms with E-state index in [4.69, 9.17) is 6.42 Å². The molecule has 1 aromatic rings. The second-order valence-corrected chi connectivity index (χ2v) is 4.79. The number of nitrogens with one attached hydrogen (secondary N) is 1. The largest absolute Gasteiger partial charge is 0.309 e. The maximum absolute atomic E-state index is 10.8. The Kier molecular flexibility index (Phi) is 5.83. The summed E-state index contributed by atoms with van der Waals surface area (Å²) in [6.45, 7) is 2.63. The average Bonchev–Trinajstić information content (AvgIpc) is 2.35. The zero-order valence-electron chi connectivity index (χ0n) is 10.1. The predicted molar refractivity (Wildman–Crippen MR) is 75.2 cm³/mol. The van der Waals surface area contributed by atoms with Crippen LogP contribution in [0.1, 0.15) is 25.3 Å². The van der Waals surface area contributed by atoms with Gasteiger partial charge in [0.15, 0.2) is 0 Å². The molecule has 0 fully saturated rings. The van der Waals surface area contributed by atoms with Crippen LogP contribution >= 0.6 is 15.9 Å². The van der Waals surface area contributed by atoms with Crippen LogP contribution in [0.5, 0.6) is 0 Å². The Morgan fingerprint density at radius 3 is 2.89 bits per heavy atom. The normalized spacial score (nSPS) is 11.8. The number of nitro groups is 1. The van der Waals surface area contributed by atoms with E-state index in [0.29, 0.717) is 17.4 Å². The number of terminal acetylenes is 1. The first kappa shape index (κ1) is 14.7. The molecule has 1 N–H and O–H groups in total. The van der Waals surface area contributed by atoms with E-state index in [2.05, 4.69) is 34.1 Å². The first-order valence-electron chi connectivity index (χ1n) is 5.68. The molecule has 0 saturated carbocycles. The van der Waals surface area contributed by atoms with Gasteiger partial charge >= 0.3 is 0 Å². The van der Waals surface area contributed by atoms with Gasteiger partial charge in [-0.2, -0.15) is 0 Å². The van der Waals surface area contributed by atoms with Gasteiger partial charge in [0.05, 0.1) is 9.40 Å². The molecule has 18 heavy (non-hydrogen) atoms. The molecule has 1 unspecified atom stereocenters. The SMILES string of the molecule is C#CCC(CC)NCc1ccc(Br)c([N+](=O)[O-])c1. The number of nitro benzene ring substituents is 1. The second-order valence-electron chi connectivity index (χ2n) is 3.94. The molecule has 0 aliphatic rings. The van der Waals surface area contributed by atoms with Crippen molar-refractivity contribution in [3.8, 4) is 12.3 Å². The van der Waals surface area contributed by atoms with Gasteiger partial charge in [-0.3, -0.25) is 10.1 Å². The van der Waals surface area contributed by atoms with Crippen molar-refractivity contribution in [2.75, 3.05) is 0 Å². The van der Waals surface area contributed by atoms with E-state index < -0.39 is 4.92 Å². The second kappa shape index (κ2) is 7.14. The van der Waals surface area contributed by atoms with Crippen LogP contribution in [-0.2, 0) is 6.54 Å². The van der Waals surface area contributed by atoms with Crippen molar-refractivity contribution in [2.45, 2.75) is 32.4 Å². The predicted octanol–water partition coefficient (Wildman–Crippen LogP) is 3.25. The van der Waals surface area contributed by atoms with Gasteiger partial charge < -0.3 is 5.32 Å². The highest BCUT2D eigenvalue weighted by atomic mass is 79.9. The molecule has 0 amide bonds. The molecule has 0 heterocycles. The first-order valence-corrected chi connectivity index (χ1v) is 6.47. The van der Waals surface area contributed by atoms with E-state index in [0.717, 1.165) is 12.0 Å². The van der Waals surface area contributed by atoms with Crippen molar-refractivity contribution in [3.63, 3.8) is 0 Å². The lowest BCUT2D eigenvalue weighted by Crippen LogP contribution is -2.27. The van der Waals surface area contributed by atoms with Crippen LogP contribution in [0, 0.1) is 22.5 Å². The van der Waals surface area contributed by atoms with Crippen LogP contribution in [0.25, 0.3) is 0 Å². The molecular formula is C13H15BrN2O2. The maximum atomic E-state index is 10.8. The van der Waals surface area contributed by atoms with Gasteiger partial charge in [-0.1, -0.05) is 13.0 Å². The summed E-state index contributed by atoms with van der Waals surface area (Å²) in [6.07, 6.45) is 6.87. The zero-order chi connectivity index (χ0) is 13.5. The van der Waals surface area contributed by atoms with Gasteiger partial charge in [-0.25, -0.2) is 0 Å². The van der Waals surface area contributed by atoms with E-state index in [-0.39, 0.29) is 11.7 Å².